The van der Waals surface area contributed by atoms with Gasteiger partial charge >= 0.3 is 5.97 Å². The van der Waals surface area contributed by atoms with Gasteiger partial charge in [0.15, 0.2) is 11.6 Å². The van der Waals surface area contributed by atoms with Crippen LogP contribution in [0.15, 0.2) is 24.3 Å². The molecule has 1 aliphatic rings. The van der Waals surface area contributed by atoms with Gasteiger partial charge in [0, 0.05) is 13.0 Å². The van der Waals surface area contributed by atoms with Crippen LogP contribution < -0.4 is 4.74 Å². The van der Waals surface area contributed by atoms with Gasteiger partial charge in [0.25, 0.3) is 0 Å². The first-order chi connectivity index (χ1) is 10.1. The first-order valence-corrected chi connectivity index (χ1v) is 7.46. The van der Waals surface area contributed by atoms with Crippen molar-refractivity contribution >= 4 is 5.97 Å². The number of rotatable bonds is 7. The molecule has 4 nitrogen and oxygen atoms in total. The van der Waals surface area contributed by atoms with Gasteiger partial charge in [0.1, 0.15) is 6.61 Å². The SMILES string of the molecule is O=C(O)CCC1CCN(CCOc2ccccc2F)CC1. The third-order valence-electron chi connectivity index (χ3n) is 3.98. The molecule has 116 valence electrons. The van der Waals surface area contributed by atoms with Gasteiger partial charge in [-0.05, 0) is 50.4 Å². The summed E-state index contributed by atoms with van der Waals surface area (Å²) in [5.74, 6) is -0.223. The number of benzene rings is 1. The summed E-state index contributed by atoms with van der Waals surface area (Å²) >= 11 is 0. The molecule has 0 aliphatic carbocycles. The number of likely N-dealkylation sites (tertiary alicyclic amines) is 1. The number of halogens is 1. The normalized spacial score (nSPS) is 16.8. The third kappa shape index (κ3) is 5.34. The van der Waals surface area contributed by atoms with Crippen LogP contribution in [0.5, 0.6) is 5.75 Å². The second-order valence-electron chi connectivity index (χ2n) is 5.50. The van der Waals surface area contributed by atoms with Crippen LogP contribution in [0.3, 0.4) is 0 Å². The number of hydrogen-bond donors (Lipinski definition) is 1. The molecule has 0 atom stereocenters. The molecule has 0 aromatic heterocycles. The molecule has 21 heavy (non-hydrogen) atoms. The zero-order valence-electron chi connectivity index (χ0n) is 12.1. The Bertz CT molecular complexity index is 459. The zero-order valence-corrected chi connectivity index (χ0v) is 12.1. The van der Waals surface area contributed by atoms with Crippen molar-refractivity contribution in [3.8, 4) is 5.75 Å². The highest BCUT2D eigenvalue weighted by Crippen LogP contribution is 2.22. The molecule has 5 heteroatoms. The summed E-state index contributed by atoms with van der Waals surface area (Å²) in [4.78, 5) is 12.8. The number of hydrogen-bond acceptors (Lipinski definition) is 3. The molecule has 0 radical (unpaired) electrons. The van der Waals surface area contributed by atoms with Gasteiger partial charge in [-0.1, -0.05) is 12.1 Å². The van der Waals surface area contributed by atoms with Crippen molar-refractivity contribution in [3.63, 3.8) is 0 Å². The number of para-hydroxylation sites is 1. The zero-order chi connectivity index (χ0) is 15.1. The molecule has 0 amide bonds. The van der Waals surface area contributed by atoms with Crippen molar-refractivity contribution in [2.24, 2.45) is 5.92 Å². The molecular weight excluding hydrogens is 273 g/mol. The maximum absolute atomic E-state index is 13.4. The average molecular weight is 295 g/mol. The van der Waals surface area contributed by atoms with Crippen LogP contribution in [-0.2, 0) is 4.79 Å². The minimum absolute atomic E-state index is 0.265. The number of piperidine rings is 1. The number of carboxylic acids is 1. The Balaban J connectivity index is 1.63. The van der Waals surface area contributed by atoms with Crippen molar-refractivity contribution in [3.05, 3.63) is 30.1 Å². The first-order valence-electron chi connectivity index (χ1n) is 7.46. The van der Waals surface area contributed by atoms with Gasteiger partial charge in [0.2, 0.25) is 0 Å². The lowest BCUT2D eigenvalue weighted by Gasteiger charge is -2.31. The molecule has 0 unspecified atom stereocenters. The van der Waals surface area contributed by atoms with Crippen molar-refractivity contribution < 1.29 is 19.0 Å². The molecule has 0 saturated carbocycles. The summed E-state index contributed by atoms with van der Waals surface area (Å²) in [7, 11) is 0. The van der Waals surface area contributed by atoms with Crippen LogP contribution in [0, 0.1) is 11.7 Å². The molecule has 1 saturated heterocycles. The molecule has 0 bridgehead atoms. The minimum atomic E-state index is -0.712. The lowest BCUT2D eigenvalue weighted by Crippen LogP contribution is -2.36. The summed E-state index contributed by atoms with van der Waals surface area (Å²) in [6.07, 6.45) is 3.11. The molecule has 1 N–H and O–H groups in total. The Labute approximate surface area is 124 Å². The summed E-state index contributed by atoms with van der Waals surface area (Å²) in [6.45, 7) is 3.18. The van der Waals surface area contributed by atoms with Gasteiger partial charge in [-0.3, -0.25) is 9.69 Å². The van der Waals surface area contributed by atoms with E-state index in [0.29, 0.717) is 18.3 Å². The highest BCUT2D eigenvalue weighted by molar-refractivity contribution is 5.66. The topological polar surface area (TPSA) is 49.8 Å². The van der Waals surface area contributed by atoms with E-state index in [1.807, 2.05) is 0 Å². The van der Waals surface area contributed by atoms with Gasteiger partial charge in [0.05, 0.1) is 0 Å². The molecule has 1 aromatic rings. The number of ether oxygens (including phenoxy) is 1. The summed E-state index contributed by atoms with van der Waals surface area (Å²) < 4.78 is 18.8. The van der Waals surface area contributed by atoms with Crippen molar-refractivity contribution in [2.45, 2.75) is 25.7 Å². The fraction of sp³-hybridized carbons (Fsp3) is 0.562. The summed E-state index contributed by atoms with van der Waals surface area (Å²) in [6, 6.07) is 6.42. The fourth-order valence-electron chi connectivity index (χ4n) is 2.67. The second kappa shape index (κ2) is 7.98. The first kappa shape index (κ1) is 15.8. The van der Waals surface area contributed by atoms with E-state index in [2.05, 4.69) is 4.90 Å². The van der Waals surface area contributed by atoms with Crippen LogP contribution in [0.25, 0.3) is 0 Å². The highest BCUT2D eigenvalue weighted by Gasteiger charge is 2.19. The Morgan fingerprint density at radius 3 is 2.71 bits per heavy atom. The minimum Gasteiger partial charge on any atom is -0.489 e. The molecule has 1 aromatic carbocycles. The number of carbonyl (C=O) groups is 1. The smallest absolute Gasteiger partial charge is 0.303 e. The van der Waals surface area contributed by atoms with Gasteiger partial charge in [-0.25, -0.2) is 4.39 Å². The lowest BCUT2D eigenvalue weighted by molar-refractivity contribution is -0.137. The van der Waals surface area contributed by atoms with E-state index in [9.17, 15) is 9.18 Å². The predicted octanol–water partition coefficient (Wildman–Crippen LogP) is 2.78. The second-order valence-corrected chi connectivity index (χ2v) is 5.50. The Hall–Kier alpha value is -1.62. The maximum Gasteiger partial charge on any atom is 0.303 e. The van der Waals surface area contributed by atoms with Crippen molar-refractivity contribution in [2.75, 3.05) is 26.2 Å². The molecule has 1 aliphatic heterocycles. The number of nitrogens with zero attached hydrogens (tertiary/aromatic N) is 1. The quantitative estimate of drug-likeness (QED) is 0.840. The standard InChI is InChI=1S/C16H22FNO3/c17-14-3-1-2-4-15(14)21-12-11-18-9-7-13(8-10-18)5-6-16(19)20/h1-4,13H,5-12H2,(H,19,20). The monoisotopic (exact) mass is 295 g/mol. The summed E-state index contributed by atoms with van der Waals surface area (Å²) in [5.41, 5.74) is 0. The Kier molecular flexibility index (Phi) is 5.99. The fourth-order valence-corrected chi connectivity index (χ4v) is 2.67. The van der Waals surface area contributed by atoms with Crippen LogP contribution in [0.2, 0.25) is 0 Å². The van der Waals surface area contributed by atoms with E-state index in [1.165, 1.54) is 6.07 Å². The van der Waals surface area contributed by atoms with Crippen LogP contribution in [-0.4, -0.2) is 42.2 Å². The Morgan fingerprint density at radius 1 is 1.33 bits per heavy atom. The van der Waals surface area contributed by atoms with Crippen LogP contribution in [0.4, 0.5) is 4.39 Å². The van der Waals surface area contributed by atoms with E-state index >= 15 is 0 Å². The van der Waals surface area contributed by atoms with E-state index in [1.54, 1.807) is 18.2 Å². The Morgan fingerprint density at radius 2 is 2.05 bits per heavy atom. The van der Waals surface area contributed by atoms with E-state index in [-0.39, 0.29) is 12.2 Å². The summed E-state index contributed by atoms with van der Waals surface area (Å²) in [5, 5.41) is 8.69. The maximum atomic E-state index is 13.4. The predicted molar refractivity (Wildman–Crippen MR) is 77.9 cm³/mol. The van der Waals surface area contributed by atoms with Crippen molar-refractivity contribution in [1.29, 1.82) is 0 Å². The number of carboxylic acid groups (broad SMARTS) is 1. The lowest BCUT2D eigenvalue weighted by atomic mass is 9.92. The molecular formula is C16H22FNO3. The number of aliphatic carboxylic acids is 1. The largest absolute Gasteiger partial charge is 0.489 e. The molecule has 1 fully saturated rings. The average Bonchev–Trinajstić information content (AvgIpc) is 2.48. The van der Waals surface area contributed by atoms with Crippen LogP contribution >= 0.6 is 0 Å². The van der Waals surface area contributed by atoms with E-state index in [0.717, 1.165) is 38.9 Å². The van der Waals surface area contributed by atoms with E-state index in [4.69, 9.17) is 9.84 Å². The van der Waals surface area contributed by atoms with Gasteiger partial charge in [-0.2, -0.15) is 0 Å². The molecule has 0 spiro atoms. The molecule has 2 rings (SSSR count). The van der Waals surface area contributed by atoms with Crippen molar-refractivity contribution in [1.82, 2.24) is 4.90 Å². The molecule has 1 heterocycles. The van der Waals surface area contributed by atoms with Crippen LogP contribution in [0.1, 0.15) is 25.7 Å². The van der Waals surface area contributed by atoms with Gasteiger partial charge in [-0.15, -0.1) is 0 Å². The highest BCUT2D eigenvalue weighted by atomic mass is 19.1. The van der Waals surface area contributed by atoms with E-state index < -0.39 is 5.97 Å². The third-order valence-corrected chi connectivity index (χ3v) is 3.98. The van der Waals surface area contributed by atoms with Gasteiger partial charge < -0.3 is 9.84 Å².